The minimum atomic E-state index is -0.980. The predicted molar refractivity (Wildman–Crippen MR) is 87.4 cm³/mol. The van der Waals surface area contributed by atoms with Gasteiger partial charge in [-0.15, -0.1) is 5.10 Å². The molecule has 0 aliphatic carbocycles. The van der Waals surface area contributed by atoms with Gasteiger partial charge in [-0.2, -0.15) is 0 Å². The lowest BCUT2D eigenvalue weighted by atomic mass is 10.00. The molecule has 0 aromatic carbocycles. The maximum Gasteiger partial charge on any atom is 0.135 e. The Hall–Kier alpha value is -2.02. The van der Waals surface area contributed by atoms with Gasteiger partial charge in [0, 0.05) is 30.3 Å². The molecule has 0 unspecified atom stereocenters. The highest BCUT2D eigenvalue weighted by atomic mass is 16.3. The summed E-state index contributed by atoms with van der Waals surface area (Å²) < 4.78 is 1.78. The van der Waals surface area contributed by atoms with Crippen molar-refractivity contribution in [1.82, 2.24) is 25.0 Å². The second-order valence-corrected chi connectivity index (χ2v) is 6.69. The van der Waals surface area contributed by atoms with Gasteiger partial charge in [0.15, 0.2) is 0 Å². The molecule has 1 N–H and O–H groups in total. The van der Waals surface area contributed by atoms with E-state index in [1.807, 2.05) is 40.8 Å². The Balaban J connectivity index is 1.87. The minimum Gasteiger partial charge on any atom is -0.381 e. The van der Waals surface area contributed by atoms with Crippen molar-refractivity contribution in [3.05, 3.63) is 29.0 Å². The summed E-state index contributed by atoms with van der Waals surface area (Å²) in [4.78, 5) is 11.1. The van der Waals surface area contributed by atoms with Gasteiger partial charge in [0.25, 0.3) is 0 Å². The number of anilines is 1. The van der Waals surface area contributed by atoms with Crippen LogP contribution in [0.2, 0.25) is 0 Å². The van der Waals surface area contributed by atoms with Crippen molar-refractivity contribution in [2.24, 2.45) is 0 Å². The van der Waals surface area contributed by atoms with Crippen LogP contribution in [-0.2, 0) is 5.60 Å². The molecule has 0 saturated carbocycles. The lowest BCUT2D eigenvalue weighted by Crippen LogP contribution is -2.32. The van der Waals surface area contributed by atoms with E-state index >= 15 is 0 Å². The molecule has 1 aliphatic heterocycles. The average molecular weight is 316 g/mol. The Kier molecular flexibility index (Phi) is 3.83. The second-order valence-electron chi connectivity index (χ2n) is 6.69. The smallest absolute Gasteiger partial charge is 0.135 e. The van der Waals surface area contributed by atoms with Gasteiger partial charge in [-0.05, 0) is 34.6 Å². The van der Waals surface area contributed by atoms with Crippen LogP contribution < -0.4 is 4.90 Å². The molecule has 0 bridgehead atoms. The van der Waals surface area contributed by atoms with Gasteiger partial charge in [-0.3, -0.25) is 0 Å². The maximum absolute atomic E-state index is 11.0. The zero-order valence-electron chi connectivity index (χ0n) is 14.4. The first-order valence-electron chi connectivity index (χ1n) is 8.01. The van der Waals surface area contributed by atoms with Gasteiger partial charge < -0.3 is 10.0 Å². The van der Waals surface area contributed by atoms with Gasteiger partial charge >= 0.3 is 0 Å². The standard InChI is InChI=1S/C16H24N6O/c1-10(2)22-8-14(19-20-22)16(23)6-7-21(9-16)15-11(3)12(4)17-13(5)18-15/h8,10,23H,6-7,9H2,1-5H3/t16-/m1/s1. The van der Waals surface area contributed by atoms with Gasteiger partial charge in [0.05, 0.1) is 12.7 Å². The van der Waals surface area contributed by atoms with Crippen LogP contribution in [0.15, 0.2) is 6.20 Å². The lowest BCUT2D eigenvalue weighted by molar-refractivity contribution is 0.0558. The lowest BCUT2D eigenvalue weighted by Gasteiger charge is -2.23. The predicted octanol–water partition coefficient (Wildman–Crippen LogP) is 1.67. The van der Waals surface area contributed by atoms with E-state index in [4.69, 9.17) is 0 Å². The number of hydrogen-bond acceptors (Lipinski definition) is 6. The van der Waals surface area contributed by atoms with E-state index in [0.717, 1.165) is 29.4 Å². The number of aromatic nitrogens is 5. The monoisotopic (exact) mass is 316 g/mol. The minimum absolute atomic E-state index is 0.228. The van der Waals surface area contributed by atoms with E-state index in [0.29, 0.717) is 18.7 Å². The van der Waals surface area contributed by atoms with E-state index in [9.17, 15) is 5.11 Å². The zero-order valence-corrected chi connectivity index (χ0v) is 14.4. The van der Waals surface area contributed by atoms with Crippen molar-refractivity contribution in [1.29, 1.82) is 0 Å². The summed E-state index contributed by atoms with van der Waals surface area (Å²) >= 11 is 0. The molecule has 1 aliphatic rings. The fraction of sp³-hybridized carbons (Fsp3) is 0.625. The molecular formula is C16H24N6O. The summed E-state index contributed by atoms with van der Waals surface area (Å²) in [6.07, 6.45) is 2.46. The van der Waals surface area contributed by atoms with Gasteiger partial charge in [-0.25, -0.2) is 14.6 Å². The van der Waals surface area contributed by atoms with E-state index in [2.05, 4.69) is 25.2 Å². The average Bonchev–Trinajstić information content (AvgIpc) is 3.10. The quantitative estimate of drug-likeness (QED) is 0.928. The van der Waals surface area contributed by atoms with Crippen LogP contribution in [0.3, 0.4) is 0 Å². The van der Waals surface area contributed by atoms with E-state index in [1.54, 1.807) is 4.68 Å². The highest BCUT2D eigenvalue weighted by molar-refractivity contribution is 5.50. The molecule has 0 radical (unpaired) electrons. The number of β-amino-alcohol motifs (C(OH)–C–C–N with tert-alkyl or cyclic N) is 1. The molecule has 1 fully saturated rings. The Morgan fingerprint density at radius 1 is 1.22 bits per heavy atom. The largest absolute Gasteiger partial charge is 0.381 e. The summed E-state index contributed by atoms with van der Waals surface area (Å²) in [7, 11) is 0. The summed E-state index contributed by atoms with van der Waals surface area (Å²) in [5.41, 5.74) is 1.69. The number of aliphatic hydroxyl groups is 1. The van der Waals surface area contributed by atoms with Crippen molar-refractivity contribution < 1.29 is 5.11 Å². The Bertz CT molecular complexity index is 725. The summed E-state index contributed by atoms with van der Waals surface area (Å²) in [5, 5.41) is 19.3. The molecule has 3 heterocycles. The van der Waals surface area contributed by atoms with Crippen molar-refractivity contribution in [2.75, 3.05) is 18.0 Å². The van der Waals surface area contributed by atoms with Gasteiger partial charge in [-0.1, -0.05) is 5.21 Å². The molecule has 7 heteroatoms. The Morgan fingerprint density at radius 3 is 2.61 bits per heavy atom. The molecule has 3 rings (SSSR count). The normalized spacial score (nSPS) is 21.4. The summed E-state index contributed by atoms with van der Waals surface area (Å²) in [6.45, 7) is 11.2. The first-order valence-corrected chi connectivity index (χ1v) is 8.01. The molecule has 1 saturated heterocycles. The Morgan fingerprint density at radius 2 is 1.96 bits per heavy atom. The van der Waals surface area contributed by atoms with Crippen LogP contribution in [0.25, 0.3) is 0 Å². The molecule has 1 atom stereocenters. The first kappa shape index (κ1) is 15.9. The van der Waals surface area contributed by atoms with Gasteiger partial charge in [0.2, 0.25) is 0 Å². The molecular weight excluding hydrogens is 292 g/mol. The highest BCUT2D eigenvalue weighted by Gasteiger charge is 2.41. The van der Waals surface area contributed by atoms with E-state index in [1.165, 1.54) is 0 Å². The van der Waals surface area contributed by atoms with Crippen LogP contribution in [0, 0.1) is 20.8 Å². The molecule has 7 nitrogen and oxygen atoms in total. The van der Waals surface area contributed by atoms with E-state index in [-0.39, 0.29) is 6.04 Å². The van der Waals surface area contributed by atoms with Crippen LogP contribution in [0.4, 0.5) is 5.82 Å². The van der Waals surface area contributed by atoms with Crippen molar-refractivity contribution in [2.45, 2.75) is 52.7 Å². The number of hydrogen-bond donors (Lipinski definition) is 1. The highest BCUT2D eigenvalue weighted by Crippen LogP contribution is 2.34. The van der Waals surface area contributed by atoms with Crippen molar-refractivity contribution in [3.63, 3.8) is 0 Å². The second kappa shape index (κ2) is 5.56. The molecule has 2 aromatic heterocycles. The van der Waals surface area contributed by atoms with Crippen LogP contribution in [0.5, 0.6) is 0 Å². The van der Waals surface area contributed by atoms with Crippen LogP contribution in [-0.4, -0.2) is 43.2 Å². The van der Waals surface area contributed by atoms with Crippen LogP contribution in [0.1, 0.15) is 49.1 Å². The molecule has 0 amide bonds. The number of aryl methyl sites for hydroxylation is 2. The Labute approximate surface area is 136 Å². The first-order chi connectivity index (χ1) is 10.8. The van der Waals surface area contributed by atoms with Crippen LogP contribution >= 0.6 is 0 Å². The molecule has 23 heavy (non-hydrogen) atoms. The third kappa shape index (κ3) is 2.81. The molecule has 0 spiro atoms. The van der Waals surface area contributed by atoms with Gasteiger partial charge in [0.1, 0.15) is 22.9 Å². The summed E-state index contributed by atoms with van der Waals surface area (Å²) in [5.74, 6) is 1.66. The maximum atomic E-state index is 11.0. The third-order valence-electron chi connectivity index (χ3n) is 4.54. The fourth-order valence-corrected chi connectivity index (χ4v) is 2.98. The number of nitrogens with zero attached hydrogens (tertiary/aromatic N) is 6. The van der Waals surface area contributed by atoms with Crippen molar-refractivity contribution >= 4 is 5.82 Å². The topological polar surface area (TPSA) is 80.0 Å². The summed E-state index contributed by atoms with van der Waals surface area (Å²) in [6, 6.07) is 0.228. The fourth-order valence-electron chi connectivity index (χ4n) is 2.98. The molecule has 2 aromatic rings. The van der Waals surface area contributed by atoms with E-state index < -0.39 is 5.60 Å². The zero-order chi connectivity index (χ0) is 16.8. The third-order valence-corrected chi connectivity index (χ3v) is 4.54. The van der Waals surface area contributed by atoms with Crippen molar-refractivity contribution in [3.8, 4) is 0 Å². The molecule has 124 valence electrons. The SMILES string of the molecule is Cc1nc(C)c(C)c(N2CC[C@](O)(c3cn(C(C)C)nn3)C2)n1. The number of rotatable bonds is 3.